The predicted octanol–water partition coefficient (Wildman–Crippen LogP) is 4.74. The molecule has 0 aliphatic heterocycles. The molecule has 0 aromatic heterocycles. The van der Waals surface area contributed by atoms with Crippen molar-refractivity contribution in [1.29, 1.82) is 0 Å². The monoisotopic (exact) mass is 280 g/mol. The second-order valence-corrected chi connectivity index (χ2v) is 4.93. The predicted molar refractivity (Wildman–Crippen MR) is 77.1 cm³/mol. The minimum atomic E-state index is 0.925. The van der Waals surface area contributed by atoms with Crippen molar-refractivity contribution in [3.8, 4) is 12.3 Å². The first-order valence-electron chi connectivity index (χ1n) is 5.36. The van der Waals surface area contributed by atoms with Gasteiger partial charge in [-0.1, -0.05) is 46.1 Å². The molecule has 0 saturated carbocycles. The van der Waals surface area contributed by atoms with E-state index in [-0.39, 0.29) is 0 Å². The Kier molecular flexibility index (Phi) is 2.39. The van der Waals surface area contributed by atoms with Crippen molar-refractivity contribution < 1.29 is 0 Å². The summed E-state index contributed by atoms with van der Waals surface area (Å²) in [6, 6.07) is 16.7. The second kappa shape index (κ2) is 3.91. The van der Waals surface area contributed by atoms with E-state index >= 15 is 0 Å². The van der Waals surface area contributed by atoms with Gasteiger partial charge in [0.25, 0.3) is 0 Å². The zero-order valence-corrected chi connectivity index (χ0v) is 10.7. The average molecular weight is 281 g/mol. The average Bonchev–Trinajstić information content (AvgIpc) is 2.37. The zero-order chi connectivity index (χ0) is 11.8. The van der Waals surface area contributed by atoms with E-state index in [2.05, 4.69) is 64.3 Å². The van der Waals surface area contributed by atoms with Gasteiger partial charge in [0.15, 0.2) is 0 Å². The van der Waals surface area contributed by atoms with E-state index < -0.39 is 0 Å². The van der Waals surface area contributed by atoms with E-state index in [1.807, 2.05) is 6.07 Å². The summed E-state index contributed by atoms with van der Waals surface area (Å²) in [7, 11) is 0. The maximum atomic E-state index is 5.42. The molecule has 3 rings (SSSR count). The molecule has 80 valence electrons. The first kappa shape index (κ1) is 10.4. The van der Waals surface area contributed by atoms with Gasteiger partial charge in [-0.15, -0.1) is 6.42 Å². The molecular weight excluding hydrogens is 272 g/mol. The van der Waals surface area contributed by atoms with E-state index in [9.17, 15) is 0 Å². The number of hydrogen-bond acceptors (Lipinski definition) is 0. The normalized spacial score (nSPS) is 10.6. The van der Waals surface area contributed by atoms with Gasteiger partial charge in [0.2, 0.25) is 0 Å². The molecule has 17 heavy (non-hydrogen) atoms. The molecule has 3 aromatic carbocycles. The van der Waals surface area contributed by atoms with Crippen molar-refractivity contribution in [2.24, 2.45) is 0 Å². The van der Waals surface area contributed by atoms with Crippen LogP contribution < -0.4 is 0 Å². The fraction of sp³-hybridized carbons (Fsp3) is 0. The number of benzene rings is 3. The summed E-state index contributed by atoms with van der Waals surface area (Å²) in [6.45, 7) is 0. The highest BCUT2D eigenvalue weighted by Gasteiger charge is 2.01. The van der Waals surface area contributed by atoms with Crippen LogP contribution in [0.2, 0.25) is 0 Å². The van der Waals surface area contributed by atoms with Gasteiger partial charge in [-0.2, -0.15) is 0 Å². The van der Waals surface area contributed by atoms with Gasteiger partial charge in [-0.05, 0) is 45.8 Å². The third-order valence-corrected chi connectivity index (χ3v) is 3.46. The summed E-state index contributed by atoms with van der Waals surface area (Å²) < 4.78 is 1.10. The maximum Gasteiger partial charge on any atom is 0.0248 e. The van der Waals surface area contributed by atoms with Gasteiger partial charge in [0.1, 0.15) is 0 Å². The highest BCUT2D eigenvalue weighted by atomic mass is 79.9. The molecule has 0 heterocycles. The van der Waals surface area contributed by atoms with Crippen molar-refractivity contribution in [2.45, 2.75) is 0 Å². The molecule has 0 nitrogen and oxygen atoms in total. The minimum Gasteiger partial charge on any atom is -0.115 e. The molecule has 0 radical (unpaired) electrons. The Labute approximate surface area is 108 Å². The molecular formula is C16H9Br. The summed E-state index contributed by atoms with van der Waals surface area (Å²) in [5.41, 5.74) is 0.925. The Morgan fingerprint density at radius 1 is 0.824 bits per heavy atom. The molecule has 3 aromatic rings. The SMILES string of the molecule is C#Cc1ccc2c(ccc3cc(Br)ccc32)c1. The summed E-state index contributed by atoms with van der Waals surface area (Å²) in [5.74, 6) is 2.67. The molecule has 0 bridgehead atoms. The van der Waals surface area contributed by atoms with Crippen molar-refractivity contribution in [3.63, 3.8) is 0 Å². The van der Waals surface area contributed by atoms with E-state index in [0.29, 0.717) is 0 Å². The van der Waals surface area contributed by atoms with Crippen LogP contribution >= 0.6 is 15.9 Å². The summed E-state index contributed by atoms with van der Waals surface area (Å²) >= 11 is 3.49. The lowest BCUT2D eigenvalue weighted by atomic mass is 10.0. The Hall–Kier alpha value is -1.78. The number of rotatable bonds is 0. The third kappa shape index (κ3) is 1.71. The largest absolute Gasteiger partial charge is 0.115 e. The van der Waals surface area contributed by atoms with Crippen LogP contribution in [0.4, 0.5) is 0 Å². The van der Waals surface area contributed by atoms with Gasteiger partial charge in [-0.3, -0.25) is 0 Å². The van der Waals surface area contributed by atoms with Crippen LogP contribution in [0.5, 0.6) is 0 Å². The van der Waals surface area contributed by atoms with E-state index in [0.717, 1.165) is 10.0 Å². The van der Waals surface area contributed by atoms with E-state index in [1.54, 1.807) is 0 Å². The van der Waals surface area contributed by atoms with Crippen molar-refractivity contribution >= 4 is 37.5 Å². The zero-order valence-electron chi connectivity index (χ0n) is 9.07. The second-order valence-electron chi connectivity index (χ2n) is 4.01. The molecule has 0 N–H and O–H groups in total. The number of terminal acetylenes is 1. The van der Waals surface area contributed by atoms with Crippen LogP contribution in [-0.4, -0.2) is 0 Å². The van der Waals surface area contributed by atoms with Gasteiger partial charge in [-0.25, -0.2) is 0 Å². The minimum absolute atomic E-state index is 0.925. The Morgan fingerprint density at radius 2 is 1.47 bits per heavy atom. The molecule has 1 heteroatoms. The molecule has 0 amide bonds. The summed E-state index contributed by atoms with van der Waals surface area (Å²) in [5, 5.41) is 4.93. The number of fused-ring (bicyclic) bond motifs is 3. The van der Waals surface area contributed by atoms with Gasteiger partial charge >= 0.3 is 0 Å². The van der Waals surface area contributed by atoms with Crippen molar-refractivity contribution in [3.05, 3.63) is 58.6 Å². The van der Waals surface area contributed by atoms with Gasteiger partial charge < -0.3 is 0 Å². The number of hydrogen-bond donors (Lipinski definition) is 0. The van der Waals surface area contributed by atoms with Crippen LogP contribution in [0.1, 0.15) is 5.56 Å². The van der Waals surface area contributed by atoms with Crippen LogP contribution in [0, 0.1) is 12.3 Å². The molecule has 0 unspecified atom stereocenters. The molecule has 0 fully saturated rings. The number of halogens is 1. The van der Waals surface area contributed by atoms with Crippen LogP contribution in [0.25, 0.3) is 21.5 Å². The fourth-order valence-corrected chi connectivity index (χ4v) is 2.51. The highest BCUT2D eigenvalue weighted by Crippen LogP contribution is 2.28. The highest BCUT2D eigenvalue weighted by molar-refractivity contribution is 9.10. The fourth-order valence-electron chi connectivity index (χ4n) is 2.13. The van der Waals surface area contributed by atoms with Crippen molar-refractivity contribution in [1.82, 2.24) is 0 Å². The third-order valence-electron chi connectivity index (χ3n) is 2.96. The molecule has 0 atom stereocenters. The van der Waals surface area contributed by atoms with Crippen LogP contribution in [-0.2, 0) is 0 Å². The topological polar surface area (TPSA) is 0 Å². The maximum absolute atomic E-state index is 5.42. The van der Waals surface area contributed by atoms with E-state index in [1.165, 1.54) is 21.5 Å². The summed E-state index contributed by atoms with van der Waals surface area (Å²) in [6.07, 6.45) is 5.42. The molecule has 0 aliphatic rings. The van der Waals surface area contributed by atoms with E-state index in [4.69, 9.17) is 6.42 Å². The Bertz CT molecular complexity index is 763. The standard InChI is InChI=1S/C16H9Br/c1-2-11-3-7-15-12(9-11)4-5-13-10-14(17)6-8-16(13)15/h1,3-10H. The lowest BCUT2D eigenvalue weighted by Gasteiger charge is -2.05. The summed E-state index contributed by atoms with van der Waals surface area (Å²) in [4.78, 5) is 0. The van der Waals surface area contributed by atoms with Crippen molar-refractivity contribution in [2.75, 3.05) is 0 Å². The first-order chi connectivity index (χ1) is 8.28. The van der Waals surface area contributed by atoms with Crippen LogP contribution in [0.3, 0.4) is 0 Å². The molecule has 0 saturated heterocycles. The van der Waals surface area contributed by atoms with Gasteiger partial charge in [0.05, 0.1) is 0 Å². The molecule has 0 aliphatic carbocycles. The Balaban J connectivity index is 2.45. The Morgan fingerprint density at radius 3 is 2.18 bits per heavy atom. The van der Waals surface area contributed by atoms with Gasteiger partial charge in [0, 0.05) is 10.0 Å². The first-order valence-corrected chi connectivity index (χ1v) is 6.16. The quantitative estimate of drug-likeness (QED) is 0.412. The van der Waals surface area contributed by atoms with Crippen LogP contribution in [0.15, 0.2) is 53.0 Å². The lowest BCUT2D eigenvalue weighted by molar-refractivity contribution is 1.70. The lowest BCUT2D eigenvalue weighted by Crippen LogP contribution is -1.80. The molecule has 0 spiro atoms. The smallest absolute Gasteiger partial charge is 0.0248 e.